The lowest BCUT2D eigenvalue weighted by Crippen LogP contribution is -1.89. The van der Waals surface area contributed by atoms with Crippen LogP contribution in [-0.4, -0.2) is 5.37 Å². The van der Waals surface area contributed by atoms with Gasteiger partial charge in [0.2, 0.25) is 0 Å². The van der Waals surface area contributed by atoms with Crippen molar-refractivity contribution in [2.45, 2.75) is 13.3 Å². The van der Waals surface area contributed by atoms with Gasteiger partial charge >= 0.3 is 0 Å². The summed E-state index contributed by atoms with van der Waals surface area (Å²) >= 11 is 4.77. The molecule has 1 aromatic rings. The summed E-state index contributed by atoms with van der Waals surface area (Å²) in [7, 11) is 0. The first-order valence-corrected chi connectivity index (χ1v) is 4.27. The van der Waals surface area contributed by atoms with Crippen LogP contribution in [0.1, 0.15) is 23.6 Å². The zero-order valence-corrected chi connectivity index (χ0v) is 7.69. The molecule has 0 bridgehead atoms. The summed E-state index contributed by atoms with van der Waals surface area (Å²) in [5.41, 5.74) is 2.74. The molecule has 0 heterocycles. The molecule has 1 rings (SSSR count). The normalized spacial score (nSPS) is 9.00. The van der Waals surface area contributed by atoms with Gasteiger partial charge in [-0.15, -0.1) is 0 Å². The molecule has 0 aliphatic carbocycles. The third-order valence-corrected chi connectivity index (χ3v) is 2.04. The maximum absolute atomic E-state index is 8.77. The predicted molar refractivity (Wildman–Crippen MR) is 53.3 cm³/mol. The van der Waals surface area contributed by atoms with E-state index in [1.165, 1.54) is 0 Å². The Kier molecular flexibility index (Phi) is 2.95. The molecular weight excluding hydrogens is 166 g/mol. The maximum atomic E-state index is 8.77. The molecule has 0 amide bonds. The number of rotatable bonds is 2. The van der Waals surface area contributed by atoms with E-state index in [1.54, 1.807) is 5.37 Å². The number of nitrogens with zero attached hydrogens (tertiary/aromatic N) is 1. The largest absolute Gasteiger partial charge is 0.192 e. The first-order chi connectivity index (χ1) is 5.81. The van der Waals surface area contributed by atoms with E-state index in [9.17, 15) is 0 Å². The molecule has 0 atom stereocenters. The SMILES string of the molecule is CCc1ccc(C=S)cc1C#N. The van der Waals surface area contributed by atoms with Gasteiger partial charge in [-0.2, -0.15) is 5.26 Å². The second kappa shape index (κ2) is 3.99. The Morgan fingerprint density at radius 3 is 2.83 bits per heavy atom. The molecule has 0 saturated heterocycles. The molecule has 2 heteroatoms. The molecule has 1 aromatic carbocycles. The van der Waals surface area contributed by atoms with Crippen molar-refractivity contribution in [1.82, 2.24) is 0 Å². The summed E-state index contributed by atoms with van der Waals surface area (Å²) in [4.78, 5) is 0. The molecule has 0 radical (unpaired) electrons. The average Bonchev–Trinajstić information content (AvgIpc) is 2.16. The fraction of sp³-hybridized carbons (Fsp3) is 0.200. The smallest absolute Gasteiger partial charge is 0.0994 e. The molecule has 0 unspecified atom stereocenters. The van der Waals surface area contributed by atoms with Crippen molar-refractivity contribution in [1.29, 1.82) is 5.26 Å². The molecule has 60 valence electrons. The first kappa shape index (κ1) is 8.89. The summed E-state index contributed by atoms with van der Waals surface area (Å²) in [6, 6.07) is 7.87. The molecule has 0 fully saturated rings. The second-order valence-corrected chi connectivity index (χ2v) is 2.74. The second-order valence-electron chi connectivity index (χ2n) is 2.50. The van der Waals surface area contributed by atoms with Crippen molar-refractivity contribution in [2.75, 3.05) is 0 Å². The standard InChI is InChI=1S/C10H9NS/c1-2-9-4-3-8(7-12)5-10(9)6-11/h3-5,7H,2H2,1H3. The quantitative estimate of drug-likeness (QED) is 0.645. The summed E-state index contributed by atoms with van der Waals surface area (Å²) < 4.78 is 0. The van der Waals surface area contributed by atoms with E-state index >= 15 is 0 Å². The van der Waals surface area contributed by atoms with Crippen LogP contribution in [0.5, 0.6) is 0 Å². The number of aryl methyl sites for hydroxylation is 1. The van der Waals surface area contributed by atoms with Gasteiger partial charge in [0.1, 0.15) is 0 Å². The molecule has 1 nitrogen and oxygen atoms in total. The lowest BCUT2D eigenvalue weighted by Gasteiger charge is -2.00. The monoisotopic (exact) mass is 175 g/mol. The van der Waals surface area contributed by atoms with E-state index in [2.05, 4.69) is 6.07 Å². The molecular formula is C10H9NS. The van der Waals surface area contributed by atoms with E-state index < -0.39 is 0 Å². The van der Waals surface area contributed by atoms with Crippen LogP contribution < -0.4 is 0 Å². The maximum Gasteiger partial charge on any atom is 0.0994 e. The lowest BCUT2D eigenvalue weighted by molar-refractivity contribution is 1.13. The van der Waals surface area contributed by atoms with E-state index in [0.29, 0.717) is 0 Å². The van der Waals surface area contributed by atoms with Gasteiger partial charge in [-0.25, -0.2) is 0 Å². The predicted octanol–water partition coefficient (Wildman–Crippen LogP) is 2.47. The zero-order valence-electron chi connectivity index (χ0n) is 6.87. The van der Waals surface area contributed by atoms with Crippen molar-refractivity contribution < 1.29 is 0 Å². The van der Waals surface area contributed by atoms with Crippen molar-refractivity contribution in [3.05, 3.63) is 34.9 Å². The van der Waals surface area contributed by atoms with Crippen molar-refractivity contribution >= 4 is 17.6 Å². The number of benzene rings is 1. The van der Waals surface area contributed by atoms with Gasteiger partial charge in [-0.05, 0) is 23.6 Å². The molecule has 0 aromatic heterocycles. The molecule has 12 heavy (non-hydrogen) atoms. The van der Waals surface area contributed by atoms with Gasteiger partial charge in [0, 0.05) is 5.37 Å². The average molecular weight is 175 g/mol. The Balaban J connectivity index is 3.21. The molecule has 0 aliphatic rings. The van der Waals surface area contributed by atoms with E-state index in [-0.39, 0.29) is 0 Å². The molecule has 0 N–H and O–H groups in total. The third-order valence-electron chi connectivity index (χ3n) is 1.77. The van der Waals surface area contributed by atoms with Gasteiger partial charge < -0.3 is 0 Å². The van der Waals surface area contributed by atoms with Crippen LogP contribution in [0.25, 0.3) is 0 Å². The Bertz CT molecular complexity index is 336. The first-order valence-electron chi connectivity index (χ1n) is 3.80. The van der Waals surface area contributed by atoms with Crippen LogP contribution in [0.15, 0.2) is 18.2 Å². The van der Waals surface area contributed by atoms with Crippen LogP contribution in [0.4, 0.5) is 0 Å². The Morgan fingerprint density at radius 2 is 2.33 bits per heavy atom. The molecule has 0 aliphatic heterocycles. The minimum atomic E-state index is 0.733. The van der Waals surface area contributed by atoms with Crippen LogP contribution >= 0.6 is 12.2 Å². The summed E-state index contributed by atoms with van der Waals surface area (Å²) in [5, 5.41) is 10.4. The van der Waals surface area contributed by atoms with Gasteiger partial charge in [0.25, 0.3) is 0 Å². The summed E-state index contributed by atoms with van der Waals surface area (Å²) in [6.07, 6.45) is 0.889. The van der Waals surface area contributed by atoms with Gasteiger partial charge in [-0.3, -0.25) is 0 Å². The fourth-order valence-electron chi connectivity index (χ4n) is 1.08. The van der Waals surface area contributed by atoms with Crippen LogP contribution in [0.2, 0.25) is 0 Å². The highest BCUT2D eigenvalue weighted by atomic mass is 32.1. The van der Waals surface area contributed by atoms with Crippen LogP contribution in [-0.2, 0) is 6.42 Å². The van der Waals surface area contributed by atoms with Crippen LogP contribution in [0, 0.1) is 11.3 Å². The molecule has 0 saturated carbocycles. The van der Waals surface area contributed by atoms with E-state index in [4.69, 9.17) is 17.5 Å². The third kappa shape index (κ3) is 1.69. The fourth-order valence-corrected chi connectivity index (χ4v) is 1.23. The number of thiocarbonyl (C=S) groups is 1. The van der Waals surface area contributed by atoms with Crippen molar-refractivity contribution in [2.24, 2.45) is 0 Å². The van der Waals surface area contributed by atoms with Gasteiger partial charge in [0.05, 0.1) is 11.6 Å². The van der Waals surface area contributed by atoms with Crippen LogP contribution in [0.3, 0.4) is 0 Å². The molecule has 0 spiro atoms. The Labute approximate surface area is 77.6 Å². The summed E-state index contributed by atoms with van der Waals surface area (Å²) in [6.45, 7) is 2.03. The van der Waals surface area contributed by atoms with Crippen molar-refractivity contribution in [3.8, 4) is 6.07 Å². The zero-order chi connectivity index (χ0) is 8.97. The minimum absolute atomic E-state index is 0.733. The highest BCUT2D eigenvalue weighted by Crippen LogP contribution is 2.10. The Morgan fingerprint density at radius 1 is 1.58 bits per heavy atom. The van der Waals surface area contributed by atoms with Crippen molar-refractivity contribution in [3.63, 3.8) is 0 Å². The lowest BCUT2D eigenvalue weighted by atomic mass is 10.0. The Hall–Kier alpha value is -1.20. The summed E-state index contributed by atoms with van der Waals surface area (Å²) in [5.74, 6) is 0. The number of nitriles is 1. The minimum Gasteiger partial charge on any atom is -0.192 e. The highest BCUT2D eigenvalue weighted by Gasteiger charge is 1.99. The van der Waals surface area contributed by atoms with E-state index in [0.717, 1.165) is 23.1 Å². The van der Waals surface area contributed by atoms with E-state index in [1.807, 2.05) is 25.1 Å². The highest BCUT2D eigenvalue weighted by molar-refractivity contribution is 7.79. The number of hydrogen-bond donors (Lipinski definition) is 0. The van der Waals surface area contributed by atoms with Gasteiger partial charge in [0.15, 0.2) is 0 Å². The number of hydrogen-bond acceptors (Lipinski definition) is 2. The van der Waals surface area contributed by atoms with Gasteiger partial charge in [-0.1, -0.05) is 31.3 Å². The topological polar surface area (TPSA) is 23.8 Å².